The van der Waals surface area contributed by atoms with Gasteiger partial charge >= 0.3 is 0 Å². The van der Waals surface area contributed by atoms with Gasteiger partial charge in [-0.2, -0.15) is 0 Å². The van der Waals surface area contributed by atoms with Gasteiger partial charge < -0.3 is 14.5 Å². The minimum atomic E-state index is -0.403. The molecule has 0 unspecified atom stereocenters. The Morgan fingerprint density at radius 2 is 1.79 bits per heavy atom. The van der Waals surface area contributed by atoms with Gasteiger partial charge in [-0.15, -0.1) is 0 Å². The van der Waals surface area contributed by atoms with Gasteiger partial charge in [0.2, 0.25) is 5.43 Å². The molecule has 29 heavy (non-hydrogen) atoms. The zero-order valence-electron chi connectivity index (χ0n) is 15.3. The van der Waals surface area contributed by atoms with E-state index in [-0.39, 0.29) is 17.9 Å². The molecule has 146 valence electrons. The number of halogens is 2. The highest BCUT2D eigenvalue weighted by atomic mass is 35.5. The van der Waals surface area contributed by atoms with E-state index in [1.807, 2.05) is 6.92 Å². The van der Waals surface area contributed by atoms with Crippen LogP contribution in [0.3, 0.4) is 0 Å². The van der Waals surface area contributed by atoms with Crippen LogP contribution in [-0.4, -0.2) is 12.5 Å². The maximum Gasteiger partial charge on any atom is 0.262 e. The highest BCUT2D eigenvalue weighted by molar-refractivity contribution is 6.32. The van der Waals surface area contributed by atoms with E-state index in [0.29, 0.717) is 38.4 Å². The molecule has 1 aromatic heterocycles. The van der Waals surface area contributed by atoms with Gasteiger partial charge in [0.1, 0.15) is 22.7 Å². The highest BCUT2D eigenvalue weighted by Gasteiger charge is 2.12. The van der Waals surface area contributed by atoms with E-state index >= 15 is 0 Å². The van der Waals surface area contributed by atoms with Gasteiger partial charge in [-0.05, 0) is 61.0 Å². The Morgan fingerprint density at radius 1 is 1.07 bits per heavy atom. The van der Waals surface area contributed by atoms with Crippen LogP contribution in [0.4, 0.5) is 10.1 Å². The van der Waals surface area contributed by atoms with Gasteiger partial charge in [-0.3, -0.25) is 9.59 Å². The number of hydrogen-bond donors (Lipinski definition) is 1. The van der Waals surface area contributed by atoms with E-state index in [1.165, 1.54) is 24.3 Å². The number of nitrogens with one attached hydrogen (secondary N) is 1. The van der Waals surface area contributed by atoms with Crippen molar-refractivity contribution in [2.45, 2.75) is 6.92 Å². The first-order chi connectivity index (χ1) is 13.9. The van der Waals surface area contributed by atoms with Gasteiger partial charge in [-0.25, -0.2) is 4.39 Å². The minimum Gasteiger partial charge on any atom is -0.484 e. The van der Waals surface area contributed by atoms with Crippen LogP contribution in [-0.2, 0) is 4.79 Å². The predicted molar refractivity (Wildman–Crippen MR) is 110 cm³/mol. The van der Waals surface area contributed by atoms with Gasteiger partial charge in [0.05, 0.1) is 10.8 Å². The zero-order chi connectivity index (χ0) is 20.5. The molecule has 0 bridgehead atoms. The van der Waals surface area contributed by atoms with Gasteiger partial charge in [-0.1, -0.05) is 11.6 Å². The Kier molecular flexibility index (Phi) is 4.94. The topological polar surface area (TPSA) is 68.5 Å². The van der Waals surface area contributed by atoms with Crippen LogP contribution in [0.2, 0.25) is 5.02 Å². The average Bonchev–Trinajstić information content (AvgIpc) is 2.69. The number of rotatable bonds is 4. The normalized spacial score (nSPS) is 11.0. The molecule has 0 saturated heterocycles. The van der Waals surface area contributed by atoms with E-state index in [4.69, 9.17) is 20.8 Å². The largest absolute Gasteiger partial charge is 0.484 e. The Balaban J connectivity index is 1.57. The summed E-state index contributed by atoms with van der Waals surface area (Å²) in [5.41, 5.74) is 1.83. The zero-order valence-corrected chi connectivity index (χ0v) is 16.0. The summed E-state index contributed by atoms with van der Waals surface area (Å²) in [5.74, 6) is -0.407. The third-order valence-corrected chi connectivity index (χ3v) is 4.83. The van der Waals surface area contributed by atoms with Crippen LogP contribution in [0.5, 0.6) is 5.75 Å². The first-order valence-electron chi connectivity index (χ1n) is 8.75. The van der Waals surface area contributed by atoms with Gasteiger partial charge in [0, 0.05) is 16.8 Å². The van der Waals surface area contributed by atoms with Gasteiger partial charge in [0.15, 0.2) is 6.61 Å². The lowest BCUT2D eigenvalue weighted by Crippen LogP contribution is -2.20. The van der Waals surface area contributed by atoms with Crippen LogP contribution in [0.15, 0.2) is 63.8 Å². The van der Waals surface area contributed by atoms with E-state index < -0.39 is 5.91 Å². The van der Waals surface area contributed by atoms with Crippen LogP contribution >= 0.6 is 11.6 Å². The Morgan fingerprint density at radius 3 is 2.55 bits per heavy atom. The van der Waals surface area contributed by atoms with Crippen LogP contribution < -0.4 is 15.5 Å². The summed E-state index contributed by atoms with van der Waals surface area (Å²) in [6.45, 7) is 1.58. The fourth-order valence-electron chi connectivity index (χ4n) is 2.93. The van der Waals surface area contributed by atoms with Crippen LogP contribution in [0.1, 0.15) is 5.56 Å². The predicted octanol–water partition coefficient (Wildman–Crippen LogP) is 5.06. The van der Waals surface area contributed by atoms with E-state index in [1.54, 1.807) is 30.3 Å². The summed E-state index contributed by atoms with van der Waals surface area (Å²) in [6, 6.07) is 13.5. The molecule has 1 N–H and O–H groups in total. The number of ether oxygens (including phenoxy) is 1. The molecule has 0 aliphatic heterocycles. The van der Waals surface area contributed by atoms with Gasteiger partial charge in [0.25, 0.3) is 5.91 Å². The fraction of sp³-hybridized carbons (Fsp3) is 0.0909. The van der Waals surface area contributed by atoms with Crippen molar-refractivity contribution in [1.82, 2.24) is 0 Å². The second kappa shape index (κ2) is 7.56. The number of benzene rings is 3. The van der Waals surface area contributed by atoms with E-state index in [0.717, 1.165) is 5.56 Å². The molecule has 0 spiro atoms. The third kappa shape index (κ3) is 3.93. The van der Waals surface area contributed by atoms with Crippen molar-refractivity contribution in [3.63, 3.8) is 0 Å². The Labute approximate surface area is 169 Å². The SMILES string of the molecule is Cc1cc2oc3cc(NC(=O)COc4ccc(F)cc4)ccc3c(=O)c2cc1Cl. The maximum absolute atomic E-state index is 12.9. The Hall–Kier alpha value is -3.38. The maximum atomic E-state index is 12.9. The number of amides is 1. The molecule has 0 fully saturated rings. The van der Waals surface area contributed by atoms with Crippen molar-refractivity contribution >= 4 is 45.1 Å². The minimum absolute atomic E-state index is 0.194. The molecule has 5 nitrogen and oxygen atoms in total. The summed E-state index contributed by atoms with van der Waals surface area (Å²) < 4.78 is 24.1. The standard InChI is InChI=1S/C22H15ClFNO4/c1-12-8-19-17(10-18(12)23)22(27)16-7-4-14(9-20(16)29-19)25-21(26)11-28-15-5-2-13(24)3-6-15/h2-10H,11H2,1H3,(H,25,26). The monoisotopic (exact) mass is 411 g/mol. The molecule has 0 aliphatic carbocycles. The number of fused-ring (bicyclic) bond motifs is 2. The lowest BCUT2D eigenvalue weighted by atomic mass is 10.1. The van der Waals surface area contributed by atoms with Crippen LogP contribution in [0, 0.1) is 12.7 Å². The van der Waals surface area contributed by atoms with Crippen molar-refractivity contribution in [2.24, 2.45) is 0 Å². The smallest absolute Gasteiger partial charge is 0.262 e. The summed E-state index contributed by atoms with van der Waals surface area (Å²) >= 11 is 6.12. The molecule has 7 heteroatoms. The summed E-state index contributed by atoms with van der Waals surface area (Å²) in [4.78, 5) is 24.8. The molecular weight excluding hydrogens is 397 g/mol. The van der Waals surface area contributed by atoms with E-state index in [9.17, 15) is 14.0 Å². The third-order valence-electron chi connectivity index (χ3n) is 4.42. The summed E-state index contributed by atoms with van der Waals surface area (Å²) in [7, 11) is 0. The van der Waals surface area contributed by atoms with Crippen molar-refractivity contribution in [1.29, 1.82) is 0 Å². The molecule has 0 aliphatic rings. The molecule has 0 saturated carbocycles. The number of carbonyl (C=O) groups excluding carboxylic acids is 1. The number of anilines is 1. The molecule has 0 atom stereocenters. The van der Waals surface area contributed by atoms with Crippen molar-refractivity contribution < 1.29 is 18.3 Å². The van der Waals surface area contributed by atoms with E-state index in [2.05, 4.69) is 5.32 Å². The van der Waals surface area contributed by atoms with Crippen molar-refractivity contribution in [3.8, 4) is 5.75 Å². The molecule has 1 heterocycles. The second-order valence-corrected chi connectivity index (χ2v) is 6.94. The lowest BCUT2D eigenvalue weighted by molar-refractivity contribution is -0.118. The fourth-order valence-corrected chi connectivity index (χ4v) is 3.09. The quantitative estimate of drug-likeness (QED) is 0.476. The summed E-state index contributed by atoms with van der Waals surface area (Å²) in [6.07, 6.45) is 0. The van der Waals surface area contributed by atoms with Crippen LogP contribution in [0.25, 0.3) is 21.9 Å². The molecule has 0 radical (unpaired) electrons. The second-order valence-electron chi connectivity index (χ2n) is 6.53. The average molecular weight is 412 g/mol. The number of hydrogen-bond acceptors (Lipinski definition) is 4. The molecule has 1 amide bonds. The molecule has 4 rings (SSSR count). The van der Waals surface area contributed by atoms with Crippen molar-refractivity contribution in [2.75, 3.05) is 11.9 Å². The lowest BCUT2D eigenvalue weighted by Gasteiger charge is -2.09. The summed E-state index contributed by atoms with van der Waals surface area (Å²) in [5, 5.41) is 3.96. The molecular formula is C22H15ClFNO4. The first kappa shape index (κ1) is 19.0. The molecule has 4 aromatic rings. The molecule has 3 aromatic carbocycles. The first-order valence-corrected chi connectivity index (χ1v) is 9.13. The number of aryl methyl sites for hydroxylation is 1. The number of carbonyl (C=O) groups is 1. The highest BCUT2D eigenvalue weighted by Crippen LogP contribution is 2.26. The van der Waals surface area contributed by atoms with Crippen molar-refractivity contribution in [3.05, 3.63) is 81.2 Å². The Bertz CT molecular complexity index is 1300.